The van der Waals surface area contributed by atoms with Gasteiger partial charge in [-0.3, -0.25) is 0 Å². The zero-order chi connectivity index (χ0) is 13.4. The number of hydrogen-bond donors (Lipinski definition) is 1. The minimum absolute atomic E-state index is 0.246. The molecule has 1 rings (SSSR count). The molecule has 0 saturated heterocycles. The summed E-state index contributed by atoms with van der Waals surface area (Å²) in [5.41, 5.74) is 0. The number of benzene rings is 1. The highest BCUT2D eigenvalue weighted by Crippen LogP contribution is 2.12. The number of hydrogen-bond acceptors (Lipinski definition) is 3. The molecule has 1 aromatic rings. The monoisotopic (exact) mass is 269 g/mol. The standard InChI is InChI=1S/C14H23NO2S/c1-3-15-13(2)9-7-8-12-18(16,17)14-10-5-4-6-11-14/h4-6,10-11,13,15H,3,7-9,12H2,1-2H3. The third-order valence-electron chi connectivity index (χ3n) is 2.96. The van der Waals surface area contributed by atoms with Gasteiger partial charge in [-0.1, -0.05) is 31.5 Å². The van der Waals surface area contributed by atoms with Crippen molar-refractivity contribution in [1.29, 1.82) is 0 Å². The van der Waals surface area contributed by atoms with Crippen LogP contribution < -0.4 is 5.32 Å². The van der Waals surface area contributed by atoms with Crippen LogP contribution in [0.4, 0.5) is 0 Å². The summed E-state index contributed by atoms with van der Waals surface area (Å²) < 4.78 is 24.0. The van der Waals surface area contributed by atoms with Crippen LogP contribution in [0.25, 0.3) is 0 Å². The molecule has 0 spiro atoms. The number of nitrogens with one attached hydrogen (secondary N) is 1. The molecule has 4 heteroatoms. The van der Waals surface area contributed by atoms with Gasteiger partial charge in [0.15, 0.2) is 9.84 Å². The summed E-state index contributed by atoms with van der Waals surface area (Å²) in [5, 5.41) is 3.33. The molecule has 3 nitrogen and oxygen atoms in total. The molecule has 0 amide bonds. The Morgan fingerprint density at radius 1 is 1.17 bits per heavy atom. The SMILES string of the molecule is CCNC(C)CCCCS(=O)(=O)c1ccccc1. The van der Waals surface area contributed by atoms with E-state index < -0.39 is 9.84 Å². The van der Waals surface area contributed by atoms with Crippen LogP contribution in [-0.4, -0.2) is 26.8 Å². The summed E-state index contributed by atoms with van der Waals surface area (Å²) >= 11 is 0. The molecule has 0 radical (unpaired) electrons. The molecule has 0 aliphatic rings. The second kappa shape index (κ2) is 7.54. The van der Waals surface area contributed by atoms with Gasteiger partial charge in [-0.05, 0) is 38.4 Å². The second-order valence-electron chi connectivity index (χ2n) is 4.59. The molecular weight excluding hydrogens is 246 g/mol. The highest BCUT2D eigenvalue weighted by molar-refractivity contribution is 7.91. The maximum absolute atomic E-state index is 12.0. The minimum atomic E-state index is -3.09. The van der Waals surface area contributed by atoms with Crippen molar-refractivity contribution in [3.05, 3.63) is 30.3 Å². The van der Waals surface area contributed by atoms with E-state index in [0.717, 1.165) is 25.8 Å². The summed E-state index contributed by atoms with van der Waals surface area (Å²) in [7, 11) is -3.09. The van der Waals surface area contributed by atoms with Gasteiger partial charge in [0.2, 0.25) is 0 Å². The lowest BCUT2D eigenvalue weighted by molar-refractivity contribution is 0.507. The van der Waals surface area contributed by atoms with Crippen LogP contribution in [0.2, 0.25) is 0 Å². The molecule has 102 valence electrons. The Labute approximate surface area is 111 Å². The van der Waals surface area contributed by atoms with E-state index in [1.54, 1.807) is 24.3 Å². The van der Waals surface area contributed by atoms with Crippen molar-refractivity contribution in [2.45, 2.75) is 44.0 Å². The van der Waals surface area contributed by atoms with E-state index in [9.17, 15) is 8.42 Å². The molecule has 0 aliphatic heterocycles. The largest absolute Gasteiger partial charge is 0.315 e. The Bertz CT molecular complexity index is 428. The Hall–Kier alpha value is -0.870. The van der Waals surface area contributed by atoms with E-state index in [-0.39, 0.29) is 5.75 Å². The fraction of sp³-hybridized carbons (Fsp3) is 0.571. The van der Waals surface area contributed by atoms with E-state index >= 15 is 0 Å². The summed E-state index contributed by atoms with van der Waals surface area (Å²) in [6.45, 7) is 5.18. The molecule has 1 atom stereocenters. The van der Waals surface area contributed by atoms with Gasteiger partial charge in [-0.2, -0.15) is 0 Å². The first-order valence-electron chi connectivity index (χ1n) is 6.57. The lowest BCUT2D eigenvalue weighted by Crippen LogP contribution is -2.25. The van der Waals surface area contributed by atoms with E-state index in [0.29, 0.717) is 10.9 Å². The third-order valence-corrected chi connectivity index (χ3v) is 4.77. The van der Waals surface area contributed by atoms with Crippen LogP contribution in [0.3, 0.4) is 0 Å². The van der Waals surface area contributed by atoms with E-state index in [1.807, 2.05) is 6.07 Å². The Kier molecular flexibility index (Phi) is 6.36. The van der Waals surface area contributed by atoms with Crippen molar-refractivity contribution < 1.29 is 8.42 Å². The third kappa shape index (κ3) is 5.19. The first-order valence-corrected chi connectivity index (χ1v) is 8.22. The fourth-order valence-corrected chi connectivity index (χ4v) is 3.33. The topological polar surface area (TPSA) is 46.2 Å². The number of sulfone groups is 1. The first-order chi connectivity index (χ1) is 8.56. The van der Waals surface area contributed by atoms with E-state index in [4.69, 9.17) is 0 Å². The van der Waals surface area contributed by atoms with Gasteiger partial charge < -0.3 is 5.32 Å². The van der Waals surface area contributed by atoms with Gasteiger partial charge in [-0.15, -0.1) is 0 Å². The predicted molar refractivity (Wildman–Crippen MR) is 75.5 cm³/mol. The maximum atomic E-state index is 12.0. The molecule has 0 saturated carbocycles. The zero-order valence-corrected chi connectivity index (χ0v) is 12.0. The molecular formula is C14H23NO2S. The highest BCUT2D eigenvalue weighted by atomic mass is 32.2. The van der Waals surface area contributed by atoms with Crippen molar-refractivity contribution in [3.8, 4) is 0 Å². The lowest BCUT2D eigenvalue weighted by atomic mass is 10.1. The summed E-state index contributed by atoms with van der Waals surface area (Å²) in [6.07, 6.45) is 2.70. The van der Waals surface area contributed by atoms with Crippen LogP contribution in [-0.2, 0) is 9.84 Å². The van der Waals surface area contributed by atoms with Gasteiger partial charge in [0.25, 0.3) is 0 Å². The molecule has 1 aromatic carbocycles. The Morgan fingerprint density at radius 2 is 1.83 bits per heavy atom. The molecule has 1 N–H and O–H groups in total. The van der Waals surface area contributed by atoms with E-state index in [2.05, 4.69) is 19.2 Å². The van der Waals surface area contributed by atoms with Crippen molar-refractivity contribution in [2.75, 3.05) is 12.3 Å². The van der Waals surface area contributed by atoms with Crippen molar-refractivity contribution in [2.24, 2.45) is 0 Å². The second-order valence-corrected chi connectivity index (χ2v) is 6.70. The molecule has 0 aliphatic carbocycles. The highest BCUT2D eigenvalue weighted by Gasteiger charge is 2.13. The summed E-state index contributed by atoms with van der Waals surface area (Å²) in [4.78, 5) is 0.435. The summed E-state index contributed by atoms with van der Waals surface area (Å²) in [5.74, 6) is 0.246. The quantitative estimate of drug-likeness (QED) is 0.738. The molecule has 1 unspecified atom stereocenters. The maximum Gasteiger partial charge on any atom is 0.178 e. The van der Waals surface area contributed by atoms with Crippen molar-refractivity contribution in [1.82, 2.24) is 5.32 Å². The van der Waals surface area contributed by atoms with Crippen molar-refractivity contribution in [3.63, 3.8) is 0 Å². The molecule has 18 heavy (non-hydrogen) atoms. The van der Waals surface area contributed by atoms with Gasteiger partial charge in [0.1, 0.15) is 0 Å². The molecule has 0 heterocycles. The van der Waals surface area contributed by atoms with Crippen LogP contribution in [0.15, 0.2) is 35.2 Å². The van der Waals surface area contributed by atoms with Crippen LogP contribution in [0.1, 0.15) is 33.1 Å². The Morgan fingerprint density at radius 3 is 2.44 bits per heavy atom. The average molecular weight is 269 g/mol. The smallest absolute Gasteiger partial charge is 0.178 e. The predicted octanol–water partition coefficient (Wildman–Crippen LogP) is 2.63. The fourth-order valence-electron chi connectivity index (χ4n) is 1.94. The van der Waals surface area contributed by atoms with E-state index in [1.165, 1.54) is 0 Å². The molecule has 0 fully saturated rings. The average Bonchev–Trinajstić information content (AvgIpc) is 2.36. The number of unbranched alkanes of at least 4 members (excludes halogenated alkanes) is 1. The van der Waals surface area contributed by atoms with Crippen LogP contribution in [0.5, 0.6) is 0 Å². The van der Waals surface area contributed by atoms with Crippen molar-refractivity contribution >= 4 is 9.84 Å². The van der Waals surface area contributed by atoms with Crippen LogP contribution in [0, 0.1) is 0 Å². The molecule has 0 aromatic heterocycles. The lowest BCUT2D eigenvalue weighted by Gasteiger charge is -2.11. The first kappa shape index (κ1) is 15.2. The van der Waals surface area contributed by atoms with Crippen LogP contribution >= 0.6 is 0 Å². The number of rotatable bonds is 8. The van der Waals surface area contributed by atoms with Gasteiger partial charge >= 0.3 is 0 Å². The normalized spacial score (nSPS) is 13.4. The Balaban J connectivity index is 2.35. The minimum Gasteiger partial charge on any atom is -0.315 e. The molecule has 0 bridgehead atoms. The van der Waals surface area contributed by atoms with Gasteiger partial charge in [0.05, 0.1) is 10.6 Å². The zero-order valence-electron chi connectivity index (χ0n) is 11.2. The van der Waals surface area contributed by atoms with Gasteiger partial charge in [-0.25, -0.2) is 8.42 Å². The van der Waals surface area contributed by atoms with Gasteiger partial charge in [0, 0.05) is 6.04 Å². The summed E-state index contributed by atoms with van der Waals surface area (Å²) in [6, 6.07) is 9.15.